The Bertz CT molecular complexity index is 490. The second kappa shape index (κ2) is 35.2. The first-order valence-corrected chi connectivity index (χ1v) is 17.8. The van der Waals surface area contributed by atoms with Crippen LogP contribution in [0.5, 0.6) is 0 Å². The molecule has 0 rings (SSSR count). The summed E-state index contributed by atoms with van der Waals surface area (Å²) in [5.74, 6) is -0.661. The van der Waals surface area contributed by atoms with Crippen LogP contribution in [0.4, 0.5) is 0 Å². The van der Waals surface area contributed by atoms with E-state index in [4.69, 9.17) is 5.11 Å². The molecule has 0 aliphatic carbocycles. The first-order chi connectivity index (χ1) is 19.3. The fourth-order valence-corrected chi connectivity index (χ4v) is 5.45. The smallest absolute Gasteiger partial charge is 0.303 e. The molecule has 0 heterocycles. The maximum absolute atomic E-state index is 10.5. The van der Waals surface area contributed by atoms with Crippen LogP contribution in [0.15, 0.2) is 12.2 Å². The fourth-order valence-electron chi connectivity index (χ4n) is 5.45. The molecule has 0 fully saturated rings. The van der Waals surface area contributed by atoms with Crippen LogP contribution in [0.3, 0.4) is 0 Å². The molecule has 0 spiro atoms. The Hall–Kier alpha value is -0.830. The zero-order valence-corrected chi connectivity index (χ0v) is 26.6. The monoisotopic (exact) mass is 550 g/mol. The molecule has 3 nitrogen and oxygen atoms in total. The van der Waals surface area contributed by atoms with Crippen molar-refractivity contribution in [1.82, 2.24) is 5.32 Å². The molecule has 0 amide bonds. The first kappa shape index (κ1) is 38.2. The van der Waals surface area contributed by atoms with Gasteiger partial charge < -0.3 is 10.4 Å². The SMILES string of the molecule is CCCCCCCCCCCCCCCCCCNCCCCCCCCC=CCCCCCCCC(=O)O. The quantitative estimate of drug-likeness (QED) is 0.0619. The van der Waals surface area contributed by atoms with Gasteiger partial charge in [0.05, 0.1) is 0 Å². The lowest BCUT2D eigenvalue weighted by Crippen LogP contribution is -2.16. The highest BCUT2D eigenvalue weighted by atomic mass is 16.4. The van der Waals surface area contributed by atoms with Gasteiger partial charge in [-0.2, -0.15) is 0 Å². The molecule has 0 radical (unpaired) electrons. The van der Waals surface area contributed by atoms with E-state index in [1.807, 2.05) is 0 Å². The Kier molecular flexibility index (Phi) is 34.4. The predicted molar refractivity (Wildman–Crippen MR) is 174 cm³/mol. The van der Waals surface area contributed by atoms with Crippen LogP contribution in [-0.2, 0) is 4.79 Å². The molecule has 2 N–H and O–H groups in total. The second-order valence-electron chi connectivity index (χ2n) is 12.1. The van der Waals surface area contributed by atoms with Gasteiger partial charge in [0.25, 0.3) is 0 Å². The molecule has 0 unspecified atom stereocenters. The average Bonchev–Trinajstić information content (AvgIpc) is 2.93. The van der Waals surface area contributed by atoms with Crippen molar-refractivity contribution in [3.05, 3.63) is 12.2 Å². The van der Waals surface area contributed by atoms with Crippen molar-refractivity contribution in [3.63, 3.8) is 0 Å². The summed E-state index contributed by atoms with van der Waals surface area (Å²) in [5.41, 5.74) is 0. The largest absolute Gasteiger partial charge is 0.481 e. The van der Waals surface area contributed by atoms with Crippen molar-refractivity contribution >= 4 is 5.97 Å². The topological polar surface area (TPSA) is 49.3 Å². The number of carbonyl (C=O) groups is 1. The van der Waals surface area contributed by atoms with Crippen molar-refractivity contribution in [1.29, 1.82) is 0 Å². The van der Waals surface area contributed by atoms with E-state index >= 15 is 0 Å². The van der Waals surface area contributed by atoms with Crippen molar-refractivity contribution < 1.29 is 9.90 Å². The van der Waals surface area contributed by atoms with Gasteiger partial charge in [-0.1, -0.05) is 160 Å². The number of hydrogen-bond acceptors (Lipinski definition) is 2. The third-order valence-corrected chi connectivity index (χ3v) is 8.11. The normalized spacial score (nSPS) is 11.6. The zero-order chi connectivity index (χ0) is 28.3. The summed E-state index contributed by atoms with van der Waals surface area (Å²) < 4.78 is 0. The van der Waals surface area contributed by atoms with Crippen molar-refractivity contribution in [2.75, 3.05) is 13.1 Å². The van der Waals surface area contributed by atoms with Crippen molar-refractivity contribution in [3.8, 4) is 0 Å². The molecule has 0 atom stereocenters. The number of hydrogen-bond donors (Lipinski definition) is 2. The first-order valence-electron chi connectivity index (χ1n) is 17.8. The van der Waals surface area contributed by atoms with Crippen LogP contribution in [0.25, 0.3) is 0 Å². The van der Waals surface area contributed by atoms with E-state index in [1.165, 1.54) is 186 Å². The van der Waals surface area contributed by atoms with E-state index in [-0.39, 0.29) is 0 Å². The maximum atomic E-state index is 10.5. The maximum Gasteiger partial charge on any atom is 0.303 e. The molecule has 0 aliphatic rings. The van der Waals surface area contributed by atoms with Gasteiger partial charge in [-0.25, -0.2) is 0 Å². The van der Waals surface area contributed by atoms with Gasteiger partial charge in [-0.15, -0.1) is 0 Å². The highest BCUT2D eigenvalue weighted by Gasteiger charge is 1.97. The van der Waals surface area contributed by atoms with Crippen LogP contribution in [0.1, 0.15) is 200 Å². The van der Waals surface area contributed by atoms with Gasteiger partial charge in [0.2, 0.25) is 0 Å². The van der Waals surface area contributed by atoms with E-state index in [9.17, 15) is 4.79 Å². The van der Waals surface area contributed by atoms with Gasteiger partial charge in [0.1, 0.15) is 0 Å². The minimum atomic E-state index is -0.661. The Morgan fingerprint density at radius 1 is 0.462 bits per heavy atom. The molecule has 0 aromatic rings. The Labute approximate surface area is 245 Å². The molecule has 0 aliphatic heterocycles. The molecule has 0 saturated carbocycles. The van der Waals surface area contributed by atoms with E-state index in [2.05, 4.69) is 24.4 Å². The Balaban J connectivity index is 3.07. The lowest BCUT2D eigenvalue weighted by molar-refractivity contribution is -0.137. The standard InChI is InChI=1S/C36H71NO2/c1-2-3-4-5-6-7-8-9-10-13-16-19-22-25-28-31-34-37-35-32-29-26-23-20-17-14-11-12-15-18-21-24-27-30-33-36(38)39/h11-12,37H,2-10,13-35H2,1H3,(H,38,39). The molecule has 0 aromatic heterocycles. The van der Waals surface area contributed by atoms with Gasteiger partial charge in [-0.3, -0.25) is 4.79 Å². The van der Waals surface area contributed by atoms with Crippen LogP contribution in [-0.4, -0.2) is 24.2 Å². The lowest BCUT2D eigenvalue weighted by Gasteiger charge is -2.05. The van der Waals surface area contributed by atoms with E-state index in [1.54, 1.807) is 0 Å². The summed E-state index contributed by atoms with van der Waals surface area (Å²) in [6.07, 6.45) is 44.4. The van der Waals surface area contributed by atoms with Gasteiger partial charge >= 0.3 is 5.97 Å². The summed E-state index contributed by atoms with van der Waals surface area (Å²) in [4.78, 5) is 10.5. The minimum absolute atomic E-state index is 0.330. The molecular formula is C36H71NO2. The third kappa shape index (κ3) is 37.2. The molecule has 232 valence electrons. The number of allylic oxidation sites excluding steroid dienone is 2. The summed E-state index contributed by atoms with van der Waals surface area (Å²) >= 11 is 0. The molecule has 0 bridgehead atoms. The van der Waals surface area contributed by atoms with Crippen LogP contribution in [0.2, 0.25) is 0 Å². The third-order valence-electron chi connectivity index (χ3n) is 8.11. The van der Waals surface area contributed by atoms with Crippen molar-refractivity contribution in [2.24, 2.45) is 0 Å². The van der Waals surface area contributed by atoms with Crippen LogP contribution in [0, 0.1) is 0 Å². The van der Waals surface area contributed by atoms with Crippen molar-refractivity contribution in [2.45, 2.75) is 200 Å². The molecule has 3 heteroatoms. The number of rotatable bonds is 34. The number of carboxylic acids is 1. The van der Waals surface area contributed by atoms with Crippen LogP contribution < -0.4 is 5.32 Å². The van der Waals surface area contributed by atoms with E-state index in [0.717, 1.165) is 12.8 Å². The molecular weight excluding hydrogens is 478 g/mol. The highest BCUT2D eigenvalue weighted by Crippen LogP contribution is 2.14. The number of aliphatic carboxylic acids is 1. The van der Waals surface area contributed by atoms with Crippen LogP contribution >= 0.6 is 0 Å². The average molecular weight is 550 g/mol. The van der Waals surface area contributed by atoms with Gasteiger partial charge in [0, 0.05) is 6.42 Å². The number of carboxylic acid groups (broad SMARTS) is 1. The molecule has 39 heavy (non-hydrogen) atoms. The minimum Gasteiger partial charge on any atom is -0.481 e. The summed E-state index contributed by atoms with van der Waals surface area (Å²) in [5, 5.41) is 12.3. The second-order valence-corrected chi connectivity index (χ2v) is 12.1. The summed E-state index contributed by atoms with van der Waals surface area (Å²) in [6, 6.07) is 0. The Morgan fingerprint density at radius 3 is 1.13 bits per heavy atom. The van der Waals surface area contributed by atoms with E-state index < -0.39 is 5.97 Å². The fraction of sp³-hybridized carbons (Fsp3) is 0.917. The lowest BCUT2D eigenvalue weighted by atomic mass is 10.0. The molecule has 0 saturated heterocycles. The Morgan fingerprint density at radius 2 is 0.769 bits per heavy atom. The van der Waals surface area contributed by atoms with Gasteiger partial charge in [0.15, 0.2) is 0 Å². The predicted octanol–water partition coefficient (Wildman–Crippen LogP) is 11.9. The zero-order valence-electron chi connectivity index (χ0n) is 26.6. The molecule has 0 aromatic carbocycles. The van der Waals surface area contributed by atoms with Gasteiger partial charge in [-0.05, 0) is 58.0 Å². The number of unbranched alkanes of at least 4 members (excludes halogenated alkanes) is 26. The highest BCUT2D eigenvalue weighted by molar-refractivity contribution is 5.66. The number of nitrogens with one attached hydrogen (secondary N) is 1. The summed E-state index contributed by atoms with van der Waals surface area (Å²) in [6.45, 7) is 4.73. The van der Waals surface area contributed by atoms with E-state index in [0.29, 0.717) is 6.42 Å². The summed E-state index contributed by atoms with van der Waals surface area (Å²) in [7, 11) is 0.